The summed E-state index contributed by atoms with van der Waals surface area (Å²) in [6.07, 6.45) is -6.61. The Bertz CT molecular complexity index is 781. The second-order valence-corrected chi connectivity index (χ2v) is 10.3. The van der Waals surface area contributed by atoms with E-state index in [2.05, 4.69) is 9.50 Å². The first-order valence-electron chi connectivity index (χ1n) is 9.47. The van der Waals surface area contributed by atoms with E-state index in [-0.39, 0.29) is 0 Å². The van der Waals surface area contributed by atoms with E-state index in [9.17, 15) is 32.5 Å². The Morgan fingerprint density at radius 1 is 1.00 bits per heavy atom. The van der Waals surface area contributed by atoms with Crippen LogP contribution in [-0.2, 0) is 43.2 Å². The smallest absolute Gasteiger partial charge is 0.397 e. The van der Waals surface area contributed by atoms with Crippen LogP contribution in [-0.4, -0.2) is 73.2 Å². The second kappa shape index (κ2) is 9.77. The molecule has 12 nitrogen and oxygen atoms in total. The molecule has 0 aromatic heterocycles. The fraction of sp³-hybridized carbons (Fsp3) is 0.833. The normalized spacial score (nSPS) is 27.3. The molecule has 1 aliphatic heterocycles. The van der Waals surface area contributed by atoms with Crippen LogP contribution >= 0.6 is 0 Å². The van der Waals surface area contributed by atoms with Gasteiger partial charge in [-0.2, -0.15) is 8.42 Å². The summed E-state index contributed by atoms with van der Waals surface area (Å²) in [4.78, 5) is 36.2. The van der Waals surface area contributed by atoms with Crippen molar-refractivity contribution in [1.29, 1.82) is 0 Å². The Hall–Kier alpha value is -1.80. The minimum Gasteiger partial charge on any atom is -0.462 e. The highest BCUT2D eigenvalue weighted by Crippen LogP contribution is 2.29. The van der Waals surface area contributed by atoms with Crippen molar-refractivity contribution in [2.45, 2.75) is 79.1 Å². The van der Waals surface area contributed by atoms with Crippen LogP contribution < -0.4 is 5.32 Å². The molecule has 1 heterocycles. The first-order chi connectivity index (χ1) is 13.8. The monoisotopic (exact) mass is 469 g/mol. The Labute approximate surface area is 181 Å². The first-order valence-corrected chi connectivity index (χ1v) is 10.8. The minimum atomic E-state index is -5.10. The molecule has 0 aromatic carbocycles. The van der Waals surface area contributed by atoms with Crippen molar-refractivity contribution in [3.8, 4) is 0 Å². The molecule has 1 aliphatic rings. The first kappa shape index (κ1) is 27.2. The van der Waals surface area contributed by atoms with Crippen LogP contribution in [0.5, 0.6) is 0 Å². The zero-order valence-electron chi connectivity index (χ0n) is 18.6. The highest BCUT2D eigenvalue weighted by Gasteiger charge is 2.52. The van der Waals surface area contributed by atoms with Crippen LogP contribution in [0, 0.1) is 10.8 Å². The van der Waals surface area contributed by atoms with Crippen molar-refractivity contribution in [2.24, 2.45) is 10.8 Å². The molecule has 0 saturated carbocycles. The number of aliphatic hydroxyl groups excluding tert-OH is 1. The van der Waals surface area contributed by atoms with Crippen LogP contribution in [0.2, 0.25) is 0 Å². The number of carbonyl (C=O) groups excluding carboxylic acids is 3. The van der Waals surface area contributed by atoms with Crippen molar-refractivity contribution >= 4 is 28.2 Å². The van der Waals surface area contributed by atoms with Crippen LogP contribution in [0.3, 0.4) is 0 Å². The van der Waals surface area contributed by atoms with Gasteiger partial charge in [0.25, 0.3) is 0 Å². The average Bonchev–Trinajstić information content (AvgIpc) is 2.55. The Balaban J connectivity index is 3.33. The molecule has 31 heavy (non-hydrogen) atoms. The number of carbonyl (C=O) groups is 3. The van der Waals surface area contributed by atoms with E-state index in [1.165, 1.54) is 20.8 Å². The van der Waals surface area contributed by atoms with Gasteiger partial charge in [0.1, 0.15) is 24.9 Å². The molecule has 0 aliphatic carbocycles. The third kappa shape index (κ3) is 8.33. The Morgan fingerprint density at radius 2 is 1.52 bits per heavy atom. The summed E-state index contributed by atoms with van der Waals surface area (Å²) in [5, 5.41) is 12.7. The minimum absolute atomic E-state index is 0.594. The molecule has 0 bridgehead atoms. The number of aliphatic hydroxyl groups is 1. The summed E-state index contributed by atoms with van der Waals surface area (Å²) < 4.78 is 52.6. The van der Waals surface area contributed by atoms with Gasteiger partial charge in [-0.1, -0.05) is 0 Å². The van der Waals surface area contributed by atoms with E-state index in [0.717, 1.165) is 6.92 Å². The maximum atomic E-state index is 12.5. The lowest BCUT2D eigenvalue weighted by atomic mass is 9.94. The lowest BCUT2D eigenvalue weighted by molar-refractivity contribution is -0.258. The third-order valence-electron chi connectivity index (χ3n) is 4.11. The molecule has 13 heteroatoms. The molecule has 1 fully saturated rings. The van der Waals surface area contributed by atoms with Gasteiger partial charge in [0, 0.05) is 6.92 Å². The lowest BCUT2D eigenvalue weighted by Gasteiger charge is -2.43. The number of hydrogen-bond acceptors (Lipinski definition) is 10. The Kier molecular flexibility index (Phi) is 8.59. The lowest BCUT2D eigenvalue weighted by Crippen LogP contribution is -2.66. The zero-order valence-corrected chi connectivity index (χ0v) is 19.4. The number of hydrogen-bond donors (Lipinski definition) is 3. The number of ether oxygens (including phenoxy) is 3. The van der Waals surface area contributed by atoms with E-state index in [0.29, 0.717) is 0 Å². The predicted octanol–water partition coefficient (Wildman–Crippen LogP) is -0.0565. The van der Waals surface area contributed by atoms with Gasteiger partial charge >= 0.3 is 22.3 Å². The van der Waals surface area contributed by atoms with Gasteiger partial charge in [-0.15, -0.1) is 0 Å². The number of rotatable bonds is 6. The average molecular weight is 470 g/mol. The molecule has 5 atom stereocenters. The molecule has 0 spiro atoms. The SMILES string of the molecule is CC(=O)N[C@@H]1[C@@H](OC(=O)C(C)(C)C)[C@H](OS(=O)(=O)O)[C@@H](COC(=O)C(C)(C)C)O[C@@H]1O. The molecule has 0 radical (unpaired) electrons. The molecule has 0 aromatic rings. The van der Waals surface area contributed by atoms with E-state index in [1.807, 2.05) is 0 Å². The van der Waals surface area contributed by atoms with Gasteiger partial charge in [-0.25, -0.2) is 4.18 Å². The maximum Gasteiger partial charge on any atom is 0.397 e. The maximum absolute atomic E-state index is 12.5. The summed E-state index contributed by atoms with van der Waals surface area (Å²) in [6.45, 7) is 9.85. The fourth-order valence-electron chi connectivity index (χ4n) is 2.51. The number of nitrogens with one attached hydrogen (secondary N) is 1. The van der Waals surface area contributed by atoms with Gasteiger partial charge in [0.2, 0.25) is 5.91 Å². The molecule has 1 rings (SSSR count). The molecule has 1 saturated heterocycles. The highest BCUT2D eigenvalue weighted by molar-refractivity contribution is 7.80. The molecular formula is C18H31NO11S. The van der Waals surface area contributed by atoms with Crippen LogP contribution in [0.15, 0.2) is 0 Å². The number of amides is 1. The van der Waals surface area contributed by atoms with Gasteiger partial charge in [0.05, 0.1) is 10.8 Å². The summed E-state index contributed by atoms with van der Waals surface area (Å²) in [5.41, 5.74) is -1.94. The summed E-state index contributed by atoms with van der Waals surface area (Å²) in [5.74, 6) is -2.12. The van der Waals surface area contributed by atoms with Crippen LogP contribution in [0.25, 0.3) is 0 Å². The van der Waals surface area contributed by atoms with Crippen molar-refractivity contribution < 1.29 is 50.9 Å². The second-order valence-electron chi connectivity index (χ2n) is 9.25. The standard InChI is InChI=1S/C18H31NO11S/c1-9(20)19-11-13(29-16(23)18(5,6)7)12(30-31(24,25)26)10(28-14(11)21)8-27-15(22)17(2,3)4/h10-14,21H,8H2,1-7H3,(H,19,20)(H,24,25,26)/t10-,11-,12-,13-,14+/m1/s1. The van der Waals surface area contributed by atoms with Crippen LogP contribution in [0.1, 0.15) is 48.5 Å². The third-order valence-corrected chi connectivity index (χ3v) is 4.58. The van der Waals surface area contributed by atoms with Crippen molar-refractivity contribution in [2.75, 3.05) is 6.61 Å². The molecule has 180 valence electrons. The number of esters is 2. The van der Waals surface area contributed by atoms with Gasteiger partial charge in [-0.3, -0.25) is 18.9 Å². The van der Waals surface area contributed by atoms with Gasteiger partial charge in [-0.05, 0) is 41.5 Å². The highest BCUT2D eigenvalue weighted by atomic mass is 32.3. The molecule has 1 amide bonds. The summed E-state index contributed by atoms with van der Waals surface area (Å²) in [6, 6.07) is -1.44. The molecule has 3 N–H and O–H groups in total. The Morgan fingerprint density at radius 3 is 1.94 bits per heavy atom. The van der Waals surface area contributed by atoms with Crippen LogP contribution in [0.4, 0.5) is 0 Å². The van der Waals surface area contributed by atoms with Gasteiger partial charge in [0.15, 0.2) is 12.4 Å². The summed E-state index contributed by atoms with van der Waals surface area (Å²) >= 11 is 0. The largest absolute Gasteiger partial charge is 0.462 e. The fourth-order valence-corrected chi connectivity index (χ4v) is 3.03. The molecule has 0 unspecified atom stereocenters. The summed E-state index contributed by atoms with van der Waals surface area (Å²) in [7, 11) is -5.10. The van der Waals surface area contributed by atoms with E-state index in [4.69, 9.17) is 14.2 Å². The van der Waals surface area contributed by atoms with E-state index in [1.54, 1.807) is 20.8 Å². The quantitative estimate of drug-likeness (QED) is 0.351. The van der Waals surface area contributed by atoms with Crippen molar-refractivity contribution in [1.82, 2.24) is 5.32 Å². The zero-order chi connectivity index (χ0) is 24.4. The van der Waals surface area contributed by atoms with Gasteiger partial charge < -0.3 is 24.6 Å². The van der Waals surface area contributed by atoms with Crippen molar-refractivity contribution in [3.63, 3.8) is 0 Å². The van der Waals surface area contributed by atoms with E-state index < -0.39 is 76.3 Å². The topological polar surface area (TPSA) is 175 Å². The molecular weight excluding hydrogens is 438 g/mol. The van der Waals surface area contributed by atoms with Crippen molar-refractivity contribution in [3.05, 3.63) is 0 Å². The predicted molar refractivity (Wildman–Crippen MR) is 105 cm³/mol. The van der Waals surface area contributed by atoms with E-state index >= 15 is 0 Å².